The summed E-state index contributed by atoms with van der Waals surface area (Å²) in [5.41, 5.74) is 11.5. The third-order valence-corrected chi connectivity index (χ3v) is 5.00. The lowest BCUT2D eigenvalue weighted by Gasteiger charge is -2.18. The number of thioether (sulfide) groups is 1. The van der Waals surface area contributed by atoms with Crippen molar-refractivity contribution in [3.05, 3.63) is 63.7 Å². The zero-order valence-electron chi connectivity index (χ0n) is 12.1. The zero-order valence-corrected chi connectivity index (χ0v) is 13.7. The predicted octanol–water partition coefficient (Wildman–Crippen LogP) is 5.06. The Bertz CT molecular complexity index is 587. The first-order valence-electron chi connectivity index (χ1n) is 6.69. The molecule has 2 rings (SSSR count). The van der Waals surface area contributed by atoms with Gasteiger partial charge in [-0.2, -0.15) is 0 Å². The molecule has 1 atom stereocenters. The van der Waals surface area contributed by atoms with E-state index >= 15 is 0 Å². The highest BCUT2D eigenvalue weighted by Crippen LogP contribution is 2.31. The van der Waals surface area contributed by atoms with Crippen LogP contribution in [0.5, 0.6) is 0 Å². The summed E-state index contributed by atoms with van der Waals surface area (Å²) in [6.07, 6.45) is 0. The summed E-state index contributed by atoms with van der Waals surface area (Å²) in [5.74, 6) is 0.828. The molecular weight excluding hydrogens is 286 g/mol. The molecule has 3 heteroatoms. The van der Waals surface area contributed by atoms with Crippen molar-refractivity contribution >= 4 is 23.4 Å². The molecule has 2 aromatic rings. The normalized spacial score (nSPS) is 12.4. The standard InChI is InChI=1S/C17H20ClNS/c1-11-8-12(2)17(13(3)9-11)15(19)10-20-16-7-5-4-6-14(16)18/h4-9,15H,10,19H2,1-3H3. The van der Waals surface area contributed by atoms with Gasteiger partial charge in [0.25, 0.3) is 0 Å². The van der Waals surface area contributed by atoms with Gasteiger partial charge in [0.15, 0.2) is 0 Å². The fourth-order valence-electron chi connectivity index (χ4n) is 2.60. The van der Waals surface area contributed by atoms with Crippen LogP contribution in [0, 0.1) is 20.8 Å². The Balaban J connectivity index is 2.13. The van der Waals surface area contributed by atoms with E-state index in [9.17, 15) is 0 Å². The molecule has 2 aromatic carbocycles. The molecule has 0 amide bonds. The fraction of sp³-hybridized carbons (Fsp3) is 0.294. The van der Waals surface area contributed by atoms with Crippen molar-refractivity contribution in [1.82, 2.24) is 0 Å². The van der Waals surface area contributed by atoms with Crippen molar-refractivity contribution in [2.75, 3.05) is 5.75 Å². The molecule has 1 unspecified atom stereocenters. The van der Waals surface area contributed by atoms with Crippen LogP contribution in [0.15, 0.2) is 41.3 Å². The number of aryl methyl sites for hydroxylation is 3. The second-order valence-corrected chi connectivity index (χ2v) is 6.63. The number of halogens is 1. The third-order valence-electron chi connectivity index (χ3n) is 3.36. The molecule has 0 aliphatic carbocycles. The first-order valence-corrected chi connectivity index (χ1v) is 8.06. The number of hydrogen-bond acceptors (Lipinski definition) is 2. The van der Waals surface area contributed by atoms with Crippen LogP contribution in [-0.2, 0) is 0 Å². The van der Waals surface area contributed by atoms with E-state index in [0.717, 1.165) is 15.7 Å². The summed E-state index contributed by atoms with van der Waals surface area (Å²) in [6, 6.07) is 12.3. The van der Waals surface area contributed by atoms with Gasteiger partial charge >= 0.3 is 0 Å². The van der Waals surface area contributed by atoms with Crippen molar-refractivity contribution in [3.8, 4) is 0 Å². The lowest BCUT2D eigenvalue weighted by molar-refractivity contribution is 0.813. The van der Waals surface area contributed by atoms with Gasteiger partial charge in [-0.1, -0.05) is 41.4 Å². The maximum Gasteiger partial charge on any atom is 0.0541 e. The van der Waals surface area contributed by atoms with Crippen LogP contribution in [-0.4, -0.2) is 5.75 Å². The molecule has 0 aliphatic heterocycles. The van der Waals surface area contributed by atoms with Crippen LogP contribution in [0.2, 0.25) is 5.02 Å². The van der Waals surface area contributed by atoms with Crippen LogP contribution in [0.25, 0.3) is 0 Å². The minimum Gasteiger partial charge on any atom is -0.323 e. The summed E-state index contributed by atoms with van der Waals surface area (Å²) in [7, 11) is 0. The van der Waals surface area contributed by atoms with Gasteiger partial charge in [-0.3, -0.25) is 0 Å². The highest BCUT2D eigenvalue weighted by atomic mass is 35.5. The van der Waals surface area contributed by atoms with Crippen molar-refractivity contribution in [2.45, 2.75) is 31.7 Å². The number of hydrogen-bond donors (Lipinski definition) is 1. The Labute approximate surface area is 130 Å². The average molecular weight is 306 g/mol. The van der Waals surface area contributed by atoms with E-state index in [1.807, 2.05) is 24.3 Å². The Hall–Kier alpha value is -0.960. The Morgan fingerprint density at radius 1 is 1.10 bits per heavy atom. The summed E-state index contributed by atoms with van der Waals surface area (Å²) in [6.45, 7) is 6.39. The van der Waals surface area contributed by atoms with Gasteiger partial charge in [-0.25, -0.2) is 0 Å². The second-order valence-electron chi connectivity index (χ2n) is 5.16. The highest BCUT2D eigenvalue weighted by molar-refractivity contribution is 7.99. The maximum absolute atomic E-state index is 6.38. The van der Waals surface area contributed by atoms with Crippen molar-refractivity contribution in [1.29, 1.82) is 0 Å². The third kappa shape index (κ3) is 3.57. The molecule has 106 valence electrons. The van der Waals surface area contributed by atoms with Gasteiger partial charge in [0, 0.05) is 16.7 Å². The second kappa shape index (κ2) is 6.66. The van der Waals surface area contributed by atoms with E-state index in [4.69, 9.17) is 17.3 Å². The Kier molecular flexibility index (Phi) is 5.14. The molecular formula is C17H20ClNS. The van der Waals surface area contributed by atoms with Gasteiger partial charge in [0.2, 0.25) is 0 Å². The van der Waals surface area contributed by atoms with E-state index in [1.165, 1.54) is 22.3 Å². The van der Waals surface area contributed by atoms with Crippen LogP contribution < -0.4 is 5.73 Å². The van der Waals surface area contributed by atoms with Crippen molar-refractivity contribution < 1.29 is 0 Å². The van der Waals surface area contributed by atoms with Crippen molar-refractivity contribution in [3.63, 3.8) is 0 Å². The van der Waals surface area contributed by atoms with Gasteiger partial charge in [-0.05, 0) is 49.6 Å². The monoisotopic (exact) mass is 305 g/mol. The minimum atomic E-state index is 0.0249. The minimum absolute atomic E-state index is 0.0249. The van der Waals surface area contributed by atoms with Gasteiger partial charge in [0.05, 0.1) is 5.02 Å². The molecule has 1 nitrogen and oxygen atoms in total. The van der Waals surface area contributed by atoms with Gasteiger partial charge in [0.1, 0.15) is 0 Å². The van der Waals surface area contributed by atoms with Crippen LogP contribution in [0.1, 0.15) is 28.3 Å². The molecule has 0 aromatic heterocycles. The lowest BCUT2D eigenvalue weighted by atomic mass is 9.95. The van der Waals surface area contributed by atoms with E-state index in [2.05, 4.69) is 32.9 Å². The van der Waals surface area contributed by atoms with E-state index in [0.29, 0.717) is 0 Å². The van der Waals surface area contributed by atoms with E-state index in [1.54, 1.807) is 11.8 Å². The predicted molar refractivity (Wildman–Crippen MR) is 89.8 cm³/mol. The average Bonchev–Trinajstić information content (AvgIpc) is 2.36. The summed E-state index contributed by atoms with van der Waals surface area (Å²) in [5, 5.41) is 0.794. The number of nitrogens with two attached hydrogens (primary N) is 1. The molecule has 0 spiro atoms. The van der Waals surface area contributed by atoms with Crippen LogP contribution in [0.4, 0.5) is 0 Å². The first-order chi connectivity index (χ1) is 9.49. The SMILES string of the molecule is Cc1cc(C)c(C(N)CSc2ccccc2Cl)c(C)c1. The van der Waals surface area contributed by atoms with Crippen molar-refractivity contribution in [2.24, 2.45) is 5.73 Å². The molecule has 0 radical (unpaired) electrons. The molecule has 0 fully saturated rings. The molecule has 20 heavy (non-hydrogen) atoms. The molecule has 0 saturated heterocycles. The zero-order chi connectivity index (χ0) is 14.7. The number of benzene rings is 2. The largest absolute Gasteiger partial charge is 0.323 e. The van der Waals surface area contributed by atoms with Crippen LogP contribution in [0.3, 0.4) is 0 Å². The van der Waals surface area contributed by atoms with E-state index < -0.39 is 0 Å². The maximum atomic E-state index is 6.38. The lowest BCUT2D eigenvalue weighted by Crippen LogP contribution is -2.16. The molecule has 0 heterocycles. The molecule has 2 N–H and O–H groups in total. The first kappa shape index (κ1) is 15.4. The number of rotatable bonds is 4. The highest BCUT2D eigenvalue weighted by Gasteiger charge is 2.13. The Morgan fingerprint density at radius 2 is 1.70 bits per heavy atom. The smallest absolute Gasteiger partial charge is 0.0541 e. The topological polar surface area (TPSA) is 26.0 Å². The van der Waals surface area contributed by atoms with Gasteiger partial charge in [-0.15, -0.1) is 11.8 Å². The Morgan fingerprint density at radius 3 is 2.30 bits per heavy atom. The summed E-state index contributed by atoms with van der Waals surface area (Å²) < 4.78 is 0. The molecule has 0 bridgehead atoms. The molecule has 0 aliphatic rings. The summed E-state index contributed by atoms with van der Waals surface area (Å²) in [4.78, 5) is 1.09. The molecule has 0 saturated carbocycles. The van der Waals surface area contributed by atoms with E-state index in [-0.39, 0.29) is 6.04 Å². The fourth-order valence-corrected chi connectivity index (χ4v) is 3.81. The van der Waals surface area contributed by atoms with Crippen LogP contribution >= 0.6 is 23.4 Å². The quantitative estimate of drug-likeness (QED) is 0.799. The summed E-state index contributed by atoms with van der Waals surface area (Å²) >= 11 is 7.89. The van der Waals surface area contributed by atoms with Gasteiger partial charge < -0.3 is 5.73 Å².